The van der Waals surface area contributed by atoms with Crippen LogP contribution in [0.3, 0.4) is 0 Å². The van der Waals surface area contributed by atoms with Crippen molar-refractivity contribution in [2.75, 3.05) is 31.2 Å². The van der Waals surface area contributed by atoms with Crippen LogP contribution in [0.15, 0.2) is 9.95 Å². The van der Waals surface area contributed by atoms with E-state index in [4.69, 9.17) is 10.8 Å². The third-order valence-electron chi connectivity index (χ3n) is 5.46. The molecular weight excluding hydrogens is 352 g/mol. The quantitative estimate of drug-likeness (QED) is 0.503. The summed E-state index contributed by atoms with van der Waals surface area (Å²) in [6.07, 6.45) is 7.38. The van der Waals surface area contributed by atoms with Crippen molar-refractivity contribution in [3.8, 4) is 0 Å². The van der Waals surface area contributed by atoms with Crippen LogP contribution < -0.4 is 11.4 Å². The van der Waals surface area contributed by atoms with Crippen molar-refractivity contribution in [3.63, 3.8) is 0 Å². The first-order valence-corrected chi connectivity index (χ1v) is 11.1. The average Bonchev–Trinajstić information content (AvgIpc) is 3.00. The molecule has 5 nitrogen and oxygen atoms in total. The maximum atomic E-state index is 12.9. The number of nitrogens with two attached hydrogens (primary N) is 1. The van der Waals surface area contributed by atoms with E-state index in [1.807, 2.05) is 0 Å². The fourth-order valence-electron chi connectivity index (χ4n) is 4.08. The smallest absolute Gasteiger partial charge is 0.281 e. The Morgan fingerprint density at radius 1 is 1.28 bits per heavy atom. The number of fused-ring (bicyclic) bond motifs is 3. The van der Waals surface area contributed by atoms with Crippen molar-refractivity contribution in [1.29, 1.82) is 0 Å². The van der Waals surface area contributed by atoms with Crippen LogP contribution in [0.1, 0.15) is 55.4 Å². The van der Waals surface area contributed by atoms with Gasteiger partial charge in [0.2, 0.25) is 0 Å². The van der Waals surface area contributed by atoms with Gasteiger partial charge in [0.05, 0.1) is 5.39 Å². The standard InChI is InChI=1S/C18H26N4OS2/c1-12-6-5-7-13-14(12)15-16(25-13)20-18(22(19)17(15)23)24-11-10-21-8-3-2-4-9-21/h12H,2-11,19H2,1H3/t12-/m0/s1. The maximum Gasteiger partial charge on any atom is 0.281 e. The van der Waals surface area contributed by atoms with Gasteiger partial charge in [0.1, 0.15) is 4.83 Å². The molecule has 0 spiro atoms. The summed E-state index contributed by atoms with van der Waals surface area (Å²) in [6.45, 7) is 5.64. The number of hydrogen-bond acceptors (Lipinski definition) is 6. The summed E-state index contributed by atoms with van der Waals surface area (Å²) in [5.74, 6) is 7.48. The Labute approximate surface area is 156 Å². The van der Waals surface area contributed by atoms with E-state index >= 15 is 0 Å². The summed E-state index contributed by atoms with van der Waals surface area (Å²) >= 11 is 3.31. The molecule has 2 aromatic rings. The van der Waals surface area contributed by atoms with Gasteiger partial charge in [-0.2, -0.15) is 0 Å². The second-order valence-electron chi connectivity index (χ2n) is 7.23. The summed E-state index contributed by atoms with van der Waals surface area (Å²) in [4.78, 5) is 22.4. The van der Waals surface area contributed by atoms with Gasteiger partial charge in [0.15, 0.2) is 5.16 Å². The zero-order valence-corrected chi connectivity index (χ0v) is 16.4. The molecule has 0 radical (unpaired) electrons. The number of rotatable bonds is 4. The molecule has 0 saturated carbocycles. The largest absolute Gasteiger partial charge is 0.334 e. The Kier molecular flexibility index (Phi) is 5.06. The SMILES string of the molecule is C[C@H]1CCCc2sc3nc(SCCN4CCCCC4)n(N)c(=O)c3c21. The number of thiophene rings is 1. The second-order valence-corrected chi connectivity index (χ2v) is 9.38. The number of piperidine rings is 1. The summed E-state index contributed by atoms with van der Waals surface area (Å²) in [5.41, 5.74) is 1.14. The highest BCUT2D eigenvalue weighted by Crippen LogP contribution is 2.40. The molecule has 1 atom stereocenters. The van der Waals surface area contributed by atoms with Crippen LogP contribution in [0.5, 0.6) is 0 Å². The van der Waals surface area contributed by atoms with Crippen molar-refractivity contribution in [2.24, 2.45) is 0 Å². The van der Waals surface area contributed by atoms with E-state index < -0.39 is 0 Å². The highest BCUT2D eigenvalue weighted by molar-refractivity contribution is 7.99. The van der Waals surface area contributed by atoms with Crippen LogP contribution in [-0.2, 0) is 6.42 Å². The Morgan fingerprint density at radius 2 is 2.08 bits per heavy atom. The first-order chi connectivity index (χ1) is 12.1. The summed E-state index contributed by atoms with van der Waals surface area (Å²) < 4.78 is 1.28. The first kappa shape index (κ1) is 17.4. The van der Waals surface area contributed by atoms with Crippen molar-refractivity contribution in [3.05, 3.63) is 20.8 Å². The highest BCUT2D eigenvalue weighted by atomic mass is 32.2. The molecule has 3 heterocycles. The predicted molar refractivity (Wildman–Crippen MR) is 106 cm³/mol. The Hall–Kier alpha value is -1.05. The minimum Gasteiger partial charge on any atom is -0.334 e. The molecular formula is C18H26N4OS2. The van der Waals surface area contributed by atoms with E-state index in [0.29, 0.717) is 11.1 Å². The fraction of sp³-hybridized carbons (Fsp3) is 0.667. The third-order valence-corrected chi connectivity index (χ3v) is 7.55. The predicted octanol–water partition coefficient (Wildman–Crippen LogP) is 3.19. The summed E-state index contributed by atoms with van der Waals surface area (Å²) in [5, 5.41) is 1.43. The van der Waals surface area contributed by atoms with Crippen LogP contribution in [0.2, 0.25) is 0 Å². The Morgan fingerprint density at radius 3 is 2.88 bits per heavy atom. The van der Waals surface area contributed by atoms with Gasteiger partial charge >= 0.3 is 0 Å². The van der Waals surface area contributed by atoms with Crippen LogP contribution >= 0.6 is 23.1 Å². The molecule has 136 valence electrons. The number of hydrogen-bond donors (Lipinski definition) is 1. The lowest BCUT2D eigenvalue weighted by molar-refractivity contribution is 0.242. The topological polar surface area (TPSA) is 64.2 Å². The van der Waals surface area contributed by atoms with Crippen molar-refractivity contribution >= 4 is 33.3 Å². The summed E-state index contributed by atoms with van der Waals surface area (Å²) in [6, 6.07) is 0. The molecule has 2 aliphatic rings. The Bertz CT molecular complexity index is 823. The molecule has 1 aliphatic carbocycles. The average molecular weight is 379 g/mol. The van der Waals surface area contributed by atoms with Gasteiger partial charge < -0.3 is 10.7 Å². The minimum absolute atomic E-state index is 0.0725. The maximum absolute atomic E-state index is 12.9. The molecule has 7 heteroatoms. The highest BCUT2D eigenvalue weighted by Gasteiger charge is 2.26. The normalized spacial score (nSPS) is 21.6. The zero-order valence-electron chi connectivity index (χ0n) is 14.8. The van der Waals surface area contributed by atoms with E-state index in [-0.39, 0.29) is 5.56 Å². The van der Waals surface area contributed by atoms with E-state index in [9.17, 15) is 4.79 Å². The molecule has 0 bridgehead atoms. The van der Waals surface area contributed by atoms with E-state index in [2.05, 4.69) is 11.8 Å². The number of aromatic nitrogens is 2. The first-order valence-electron chi connectivity index (χ1n) is 9.33. The molecule has 2 N–H and O–H groups in total. The van der Waals surface area contributed by atoms with Gasteiger partial charge in [-0.05, 0) is 56.7 Å². The molecule has 4 rings (SSSR count). The summed E-state index contributed by atoms with van der Waals surface area (Å²) in [7, 11) is 0. The number of nitrogen functional groups attached to an aromatic ring is 1. The number of nitrogens with zero attached hydrogens (tertiary/aromatic N) is 3. The molecule has 0 amide bonds. The van der Waals surface area contributed by atoms with Crippen LogP contribution in [0, 0.1) is 0 Å². The van der Waals surface area contributed by atoms with Gasteiger partial charge in [0.25, 0.3) is 5.56 Å². The van der Waals surface area contributed by atoms with E-state index in [0.717, 1.165) is 35.4 Å². The number of likely N-dealkylation sites (tertiary alicyclic amines) is 1. The zero-order chi connectivity index (χ0) is 17.4. The molecule has 1 saturated heterocycles. The number of thioether (sulfide) groups is 1. The molecule has 1 fully saturated rings. The van der Waals surface area contributed by atoms with Crippen molar-refractivity contribution in [1.82, 2.24) is 14.6 Å². The van der Waals surface area contributed by atoms with Gasteiger partial charge in [-0.15, -0.1) is 11.3 Å². The van der Waals surface area contributed by atoms with Gasteiger partial charge in [-0.1, -0.05) is 25.1 Å². The van der Waals surface area contributed by atoms with E-state index in [1.165, 1.54) is 53.9 Å². The van der Waals surface area contributed by atoms with Crippen LogP contribution in [0.25, 0.3) is 10.2 Å². The van der Waals surface area contributed by atoms with Gasteiger partial charge in [-0.25, -0.2) is 9.66 Å². The lowest BCUT2D eigenvalue weighted by Gasteiger charge is -2.26. The molecule has 0 unspecified atom stereocenters. The van der Waals surface area contributed by atoms with Crippen molar-refractivity contribution < 1.29 is 0 Å². The molecule has 0 aromatic carbocycles. The minimum atomic E-state index is -0.0725. The van der Waals surface area contributed by atoms with Crippen LogP contribution in [0.4, 0.5) is 0 Å². The lowest BCUT2D eigenvalue weighted by atomic mass is 9.88. The Balaban J connectivity index is 1.58. The monoisotopic (exact) mass is 378 g/mol. The fourth-order valence-corrected chi connectivity index (χ4v) is 6.37. The lowest BCUT2D eigenvalue weighted by Crippen LogP contribution is -2.32. The van der Waals surface area contributed by atoms with Gasteiger partial charge in [0, 0.05) is 17.2 Å². The van der Waals surface area contributed by atoms with E-state index in [1.54, 1.807) is 23.1 Å². The second kappa shape index (κ2) is 7.29. The van der Waals surface area contributed by atoms with Crippen LogP contribution in [-0.4, -0.2) is 39.9 Å². The van der Waals surface area contributed by atoms with Gasteiger partial charge in [-0.3, -0.25) is 4.79 Å². The van der Waals surface area contributed by atoms with Crippen molar-refractivity contribution in [2.45, 2.75) is 56.5 Å². The third kappa shape index (κ3) is 3.34. The molecule has 1 aliphatic heterocycles. The molecule has 2 aromatic heterocycles. The number of aryl methyl sites for hydroxylation is 1. The molecule has 25 heavy (non-hydrogen) atoms.